The van der Waals surface area contributed by atoms with E-state index in [4.69, 9.17) is 11.6 Å². The molecular weight excluding hydrogens is 244 g/mol. The third-order valence-corrected chi connectivity index (χ3v) is 4.09. The van der Waals surface area contributed by atoms with Gasteiger partial charge in [0.1, 0.15) is 0 Å². The van der Waals surface area contributed by atoms with E-state index >= 15 is 0 Å². The summed E-state index contributed by atoms with van der Waals surface area (Å²) in [6, 6.07) is 6.38. The van der Waals surface area contributed by atoms with Crippen LogP contribution in [0.4, 0.5) is 5.69 Å². The molecular formula is C15H23ClN2. The van der Waals surface area contributed by atoms with E-state index in [2.05, 4.69) is 49.3 Å². The van der Waals surface area contributed by atoms with E-state index in [1.807, 2.05) is 0 Å². The number of hydrogen-bond acceptors (Lipinski definition) is 2. The first-order valence-electron chi connectivity index (χ1n) is 6.82. The Labute approximate surface area is 115 Å². The number of hydrogen-bond donors (Lipinski definition) is 1. The molecule has 0 heterocycles. The fourth-order valence-corrected chi connectivity index (χ4v) is 2.69. The molecule has 0 aromatic heterocycles. The fourth-order valence-electron chi connectivity index (χ4n) is 2.34. The molecule has 0 bridgehead atoms. The van der Waals surface area contributed by atoms with Gasteiger partial charge in [-0.25, -0.2) is 0 Å². The molecule has 0 saturated heterocycles. The topological polar surface area (TPSA) is 15.3 Å². The maximum absolute atomic E-state index is 6.37. The lowest BCUT2D eigenvalue weighted by Crippen LogP contribution is -2.21. The quantitative estimate of drug-likeness (QED) is 0.847. The van der Waals surface area contributed by atoms with Crippen LogP contribution in [-0.2, 0) is 6.54 Å². The largest absolute Gasteiger partial charge is 0.373 e. The van der Waals surface area contributed by atoms with Crippen LogP contribution < -0.4 is 10.2 Å². The Morgan fingerprint density at radius 2 is 2.17 bits per heavy atom. The predicted molar refractivity (Wildman–Crippen MR) is 79.4 cm³/mol. The number of benzene rings is 1. The van der Waals surface area contributed by atoms with Crippen LogP contribution in [0.1, 0.15) is 25.8 Å². The maximum Gasteiger partial charge on any atom is 0.0642 e. The lowest BCUT2D eigenvalue weighted by Gasteiger charge is -2.21. The van der Waals surface area contributed by atoms with Crippen molar-refractivity contribution in [1.82, 2.24) is 5.32 Å². The molecule has 100 valence electrons. The monoisotopic (exact) mass is 266 g/mol. The van der Waals surface area contributed by atoms with E-state index in [1.54, 1.807) is 0 Å². The summed E-state index contributed by atoms with van der Waals surface area (Å²) in [5, 5.41) is 4.18. The molecule has 1 saturated carbocycles. The first-order valence-corrected chi connectivity index (χ1v) is 7.20. The predicted octanol–water partition coefficient (Wildman–Crippen LogP) is 3.54. The molecule has 18 heavy (non-hydrogen) atoms. The summed E-state index contributed by atoms with van der Waals surface area (Å²) in [4.78, 5) is 2.29. The lowest BCUT2D eigenvalue weighted by molar-refractivity contribution is 0.721. The minimum atomic E-state index is 0.854. The first-order chi connectivity index (χ1) is 8.61. The van der Waals surface area contributed by atoms with E-state index in [1.165, 1.54) is 12.0 Å². The molecule has 3 heteroatoms. The molecule has 2 unspecified atom stereocenters. The lowest BCUT2D eigenvalue weighted by atomic mass is 10.2. The smallest absolute Gasteiger partial charge is 0.0642 e. The number of nitrogens with one attached hydrogen (secondary N) is 1. The van der Waals surface area contributed by atoms with Crippen LogP contribution in [0.3, 0.4) is 0 Å². The number of anilines is 1. The molecule has 1 aromatic rings. The van der Waals surface area contributed by atoms with Gasteiger partial charge in [-0.1, -0.05) is 31.5 Å². The molecule has 0 spiro atoms. The zero-order chi connectivity index (χ0) is 13.1. The van der Waals surface area contributed by atoms with E-state index < -0.39 is 0 Å². The van der Waals surface area contributed by atoms with Crippen molar-refractivity contribution in [2.24, 2.45) is 11.8 Å². The third-order valence-electron chi connectivity index (χ3n) is 3.79. The van der Waals surface area contributed by atoms with Crippen molar-refractivity contribution in [2.45, 2.75) is 26.8 Å². The summed E-state index contributed by atoms with van der Waals surface area (Å²) in [6.07, 6.45) is 1.36. The summed E-state index contributed by atoms with van der Waals surface area (Å²) in [5.74, 6) is 1.74. The van der Waals surface area contributed by atoms with E-state index in [0.717, 1.165) is 42.2 Å². The van der Waals surface area contributed by atoms with Crippen LogP contribution in [-0.4, -0.2) is 20.1 Å². The molecule has 0 radical (unpaired) electrons. The second-order valence-corrected chi connectivity index (χ2v) is 5.83. The highest BCUT2D eigenvalue weighted by atomic mass is 35.5. The summed E-state index contributed by atoms with van der Waals surface area (Å²) in [6.45, 7) is 7.42. The van der Waals surface area contributed by atoms with Crippen molar-refractivity contribution in [3.8, 4) is 0 Å². The normalized spacial score (nSPS) is 22.0. The minimum absolute atomic E-state index is 0.854. The highest BCUT2D eigenvalue weighted by Gasteiger charge is 2.33. The first kappa shape index (κ1) is 13.7. The van der Waals surface area contributed by atoms with Gasteiger partial charge in [0.2, 0.25) is 0 Å². The Balaban J connectivity index is 1.99. The SMILES string of the molecule is CCNCc1ccc(N(C)CC2CC2C)c(Cl)c1. The van der Waals surface area contributed by atoms with Crippen LogP contribution in [0, 0.1) is 11.8 Å². The second kappa shape index (κ2) is 5.94. The molecule has 1 N–H and O–H groups in total. The number of rotatable bonds is 6. The fraction of sp³-hybridized carbons (Fsp3) is 0.600. The van der Waals surface area contributed by atoms with Gasteiger partial charge >= 0.3 is 0 Å². The Bertz CT molecular complexity index is 405. The average Bonchev–Trinajstić information content (AvgIpc) is 3.02. The molecule has 0 amide bonds. The van der Waals surface area contributed by atoms with Gasteiger partial charge in [0.05, 0.1) is 10.7 Å². The summed E-state index contributed by atoms with van der Waals surface area (Å²) in [7, 11) is 2.14. The summed E-state index contributed by atoms with van der Waals surface area (Å²) in [5.41, 5.74) is 2.40. The Morgan fingerprint density at radius 3 is 2.72 bits per heavy atom. The molecule has 1 aromatic carbocycles. The van der Waals surface area contributed by atoms with Gasteiger partial charge in [0.15, 0.2) is 0 Å². The second-order valence-electron chi connectivity index (χ2n) is 5.42. The van der Waals surface area contributed by atoms with Crippen molar-refractivity contribution >= 4 is 17.3 Å². The van der Waals surface area contributed by atoms with Crippen molar-refractivity contribution in [3.05, 3.63) is 28.8 Å². The van der Waals surface area contributed by atoms with E-state index in [-0.39, 0.29) is 0 Å². The van der Waals surface area contributed by atoms with Crippen LogP contribution in [0.25, 0.3) is 0 Å². The van der Waals surface area contributed by atoms with Crippen molar-refractivity contribution in [3.63, 3.8) is 0 Å². The number of halogens is 1. The Kier molecular flexibility index (Phi) is 4.52. The van der Waals surface area contributed by atoms with Crippen LogP contribution in [0.5, 0.6) is 0 Å². The van der Waals surface area contributed by atoms with Gasteiger partial charge in [-0.2, -0.15) is 0 Å². The maximum atomic E-state index is 6.37. The molecule has 2 rings (SSSR count). The molecule has 1 aliphatic rings. The van der Waals surface area contributed by atoms with Gasteiger partial charge in [-0.15, -0.1) is 0 Å². The van der Waals surface area contributed by atoms with Crippen LogP contribution >= 0.6 is 11.6 Å². The van der Waals surface area contributed by atoms with Crippen molar-refractivity contribution < 1.29 is 0 Å². The highest BCUT2D eigenvalue weighted by Crippen LogP contribution is 2.39. The van der Waals surface area contributed by atoms with Gasteiger partial charge in [-0.3, -0.25) is 0 Å². The highest BCUT2D eigenvalue weighted by molar-refractivity contribution is 6.33. The summed E-state index contributed by atoms with van der Waals surface area (Å²) >= 11 is 6.37. The van der Waals surface area contributed by atoms with Crippen molar-refractivity contribution in [1.29, 1.82) is 0 Å². The number of nitrogens with zero attached hydrogens (tertiary/aromatic N) is 1. The van der Waals surface area contributed by atoms with Gasteiger partial charge < -0.3 is 10.2 Å². The standard InChI is InChI=1S/C15H23ClN2/c1-4-17-9-12-5-6-15(14(16)8-12)18(3)10-13-7-11(13)2/h5-6,8,11,13,17H,4,7,9-10H2,1-3H3. The van der Waals surface area contributed by atoms with Gasteiger partial charge in [0.25, 0.3) is 0 Å². The molecule has 2 atom stereocenters. The van der Waals surface area contributed by atoms with E-state index in [9.17, 15) is 0 Å². The zero-order valence-corrected chi connectivity index (χ0v) is 12.3. The Morgan fingerprint density at radius 1 is 1.44 bits per heavy atom. The van der Waals surface area contributed by atoms with Crippen LogP contribution in [0.15, 0.2) is 18.2 Å². The average molecular weight is 267 g/mol. The van der Waals surface area contributed by atoms with E-state index in [0.29, 0.717) is 0 Å². The summed E-state index contributed by atoms with van der Waals surface area (Å²) < 4.78 is 0. The third kappa shape index (κ3) is 3.39. The van der Waals surface area contributed by atoms with Gasteiger partial charge in [0, 0.05) is 20.1 Å². The minimum Gasteiger partial charge on any atom is -0.373 e. The molecule has 1 aliphatic carbocycles. The zero-order valence-electron chi connectivity index (χ0n) is 11.5. The molecule has 0 aliphatic heterocycles. The van der Waals surface area contributed by atoms with Crippen molar-refractivity contribution in [2.75, 3.05) is 25.0 Å². The molecule has 1 fully saturated rings. The van der Waals surface area contributed by atoms with Gasteiger partial charge in [-0.05, 0) is 42.5 Å². The van der Waals surface area contributed by atoms with Crippen LogP contribution in [0.2, 0.25) is 5.02 Å². The Hall–Kier alpha value is -0.730. The molecule has 2 nitrogen and oxygen atoms in total.